The normalized spacial score (nSPS) is 11.0. The third kappa shape index (κ3) is 8.67. The second-order valence-electron chi connectivity index (χ2n) is 4.61. The molecule has 0 atom stereocenters. The molecule has 1 rings (SSSR count). The van der Waals surface area contributed by atoms with Crippen molar-refractivity contribution in [3.05, 3.63) is 29.6 Å². The van der Waals surface area contributed by atoms with E-state index < -0.39 is 5.82 Å². The van der Waals surface area contributed by atoms with Gasteiger partial charge in [0.05, 0.1) is 6.54 Å². The van der Waals surface area contributed by atoms with Crippen LogP contribution in [-0.4, -0.2) is 36.2 Å². The number of hydrogen-bond donors (Lipinski definition) is 3. The molecule has 0 amide bonds. The maximum absolute atomic E-state index is 13.2. The number of thioether (sulfide) groups is 1. The lowest BCUT2D eigenvalue weighted by Crippen LogP contribution is -2.37. The van der Waals surface area contributed by atoms with E-state index in [0.717, 1.165) is 31.0 Å². The third-order valence-electron chi connectivity index (χ3n) is 2.84. The quantitative estimate of drug-likeness (QED) is 0.251. The molecular formula is C15H25FIN3OS. The van der Waals surface area contributed by atoms with Crippen LogP contribution in [0.15, 0.2) is 23.2 Å². The van der Waals surface area contributed by atoms with Crippen LogP contribution in [0.3, 0.4) is 0 Å². The van der Waals surface area contributed by atoms with E-state index in [0.29, 0.717) is 6.54 Å². The van der Waals surface area contributed by atoms with Crippen LogP contribution in [-0.2, 0) is 6.54 Å². The molecule has 126 valence electrons. The van der Waals surface area contributed by atoms with Crippen molar-refractivity contribution in [2.45, 2.75) is 26.3 Å². The first-order valence-corrected chi connectivity index (χ1v) is 8.55. The molecule has 7 heteroatoms. The van der Waals surface area contributed by atoms with Gasteiger partial charge in [0.25, 0.3) is 0 Å². The van der Waals surface area contributed by atoms with Crippen LogP contribution in [0.1, 0.15) is 25.3 Å². The molecule has 0 heterocycles. The average molecular weight is 441 g/mol. The first-order valence-electron chi connectivity index (χ1n) is 7.16. The number of rotatable bonds is 8. The highest BCUT2D eigenvalue weighted by Crippen LogP contribution is 2.16. The predicted octanol–water partition coefficient (Wildman–Crippen LogP) is 3.35. The SMILES string of the molecule is CCNC(=NCc1ccc(O)c(F)c1)NCCCCSC.I. The van der Waals surface area contributed by atoms with Crippen molar-refractivity contribution in [2.75, 3.05) is 25.1 Å². The lowest BCUT2D eigenvalue weighted by Gasteiger charge is -2.11. The molecule has 0 saturated carbocycles. The number of guanidine groups is 1. The third-order valence-corrected chi connectivity index (χ3v) is 3.54. The molecule has 4 nitrogen and oxygen atoms in total. The van der Waals surface area contributed by atoms with Crippen LogP contribution in [0.4, 0.5) is 4.39 Å². The minimum Gasteiger partial charge on any atom is -0.505 e. The average Bonchev–Trinajstić information content (AvgIpc) is 2.48. The van der Waals surface area contributed by atoms with Gasteiger partial charge in [0.1, 0.15) is 0 Å². The number of hydrogen-bond acceptors (Lipinski definition) is 3. The summed E-state index contributed by atoms with van der Waals surface area (Å²) in [5.74, 6) is 0.955. The Hall–Kier alpha value is -0.700. The van der Waals surface area contributed by atoms with E-state index in [4.69, 9.17) is 5.11 Å². The fourth-order valence-electron chi connectivity index (χ4n) is 1.74. The number of nitrogens with one attached hydrogen (secondary N) is 2. The van der Waals surface area contributed by atoms with Crippen molar-refractivity contribution in [2.24, 2.45) is 4.99 Å². The van der Waals surface area contributed by atoms with E-state index in [1.165, 1.54) is 24.3 Å². The monoisotopic (exact) mass is 441 g/mol. The second kappa shape index (κ2) is 12.8. The summed E-state index contributed by atoms with van der Waals surface area (Å²) in [6, 6.07) is 4.33. The summed E-state index contributed by atoms with van der Waals surface area (Å²) in [6.45, 7) is 4.03. The molecule has 0 aliphatic heterocycles. The summed E-state index contributed by atoms with van der Waals surface area (Å²) in [4.78, 5) is 4.41. The van der Waals surface area contributed by atoms with Crippen molar-refractivity contribution >= 4 is 41.7 Å². The summed E-state index contributed by atoms with van der Waals surface area (Å²) in [7, 11) is 0. The smallest absolute Gasteiger partial charge is 0.191 e. The van der Waals surface area contributed by atoms with Crippen molar-refractivity contribution in [1.82, 2.24) is 10.6 Å². The van der Waals surface area contributed by atoms with Gasteiger partial charge < -0.3 is 15.7 Å². The Bertz CT molecular complexity index is 460. The van der Waals surface area contributed by atoms with Gasteiger partial charge in [0.15, 0.2) is 17.5 Å². The van der Waals surface area contributed by atoms with Crippen LogP contribution in [0.2, 0.25) is 0 Å². The van der Waals surface area contributed by atoms with Crippen LogP contribution in [0.5, 0.6) is 5.75 Å². The van der Waals surface area contributed by atoms with E-state index in [-0.39, 0.29) is 29.7 Å². The molecule has 0 radical (unpaired) electrons. The number of phenolic OH excluding ortho intramolecular Hbond substituents is 1. The number of nitrogens with zero attached hydrogens (tertiary/aromatic N) is 1. The fraction of sp³-hybridized carbons (Fsp3) is 0.533. The highest BCUT2D eigenvalue weighted by molar-refractivity contribution is 14.0. The predicted molar refractivity (Wildman–Crippen MR) is 104 cm³/mol. The number of aliphatic imine (C=N–C) groups is 1. The Morgan fingerprint density at radius 2 is 2.09 bits per heavy atom. The number of aromatic hydroxyl groups is 1. The Morgan fingerprint density at radius 3 is 2.73 bits per heavy atom. The standard InChI is InChI=1S/C15H24FN3OS.HI/c1-3-17-15(18-8-4-5-9-21-2)19-11-12-6-7-14(20)13(16)10-12;/h6-7,10,20H,3-5,8-9,11H2,1-2H3,(H2,17,18,19);1H. The molecule has 1 aromatic rings. The molecule has 22 heavy (non-hydrogen) atoms. The Labute approximate surface area is 153 Å². The van der Waals surface area contributed by atoms with Crippen LogP contribution >= 0.6 is 35.7 Å². The summed E-state index contributed by atoms with van der Waals surface area (Å²) >= 11 is 1.85. The van der Waals surface area contributed by atoms with Gasteiger partial charge >= 0.3 is 0 Å². The van der Waals surface area contributed by atoms with E-state index in [1.807, 2.05) is 18.7 Å². The second-order valence-corrected chi connectivity index (χ2v) is 5.59. The van der Waals surface area contributed by atoms with Gasteiger partial charge in [-0.05, 0) is 49.5 Å². The fourth-order valence-corrected chi connectivity index (χ4v) is 2.23. The van der Waals surface area contributed by atoms with Gasteiger partial charge in [-0.25, -0.2) is 9.38 Å². The van der Waals surface area contributed by atoms with Gasteiger partial charge in [0, 0.05) is 13.1 Å². The zero-order valence-electron chi connectivity index (χ0n) is 13.1. The van der Waals surface area contributed by atoms with Crippen molar-refractivity contribution in [3.63, 3.8) is 0 Å². The van der Waals surface area contributed by atoms with Crippen LogP contribution in [0, 0.1) is 5.82 Å². The minimum absolute atomic E-state index is 0. The van der Waals surface area contributed by atoms with Crippen LogP contribution < -0.4 is 10.6 Å². The molecule has 3 N–H and O–H groups in total. The van der Waals surface area contributed by atoms with E-state index in [9.17, 15) is 4.39 Å². The van der Waals surface area contributed by atoms with Gasteiger partial charge in [0.2, 0.25) is 0 Å². The first-order chi connectivity index (χ1) is 10.2. The molecule has 0 aromatic heterocycles. The Balaban J connectivity index is 0.00000441. The van der Waals surface area contributed by atoms with Crippen molar-refractivity contribution in [3.8, 4) is 5.75 Å². The molecular weight excluding hydrogens is 416 g/mol. The topological polar surface area (TPSA) is 56.7 Å². The van der Waals surface area contributed by atoms with Gasteiger partial charge in [-0.1, -0.05) is 6.07 Å². The minimum atomic E-state index is -0.613. The lowest BCUT2D eigenvalue weighted by atomic mass is 10.2. The molecule has 0 unspecified atom stereocenters. The van der Waals surface area contributed by atoms with E-state index >= 15 is 0 Å². The Kier molecular flexibility index (Phi) is 12.4. The van der Waals surface area contributed by atoms with E-state index in [1.54, 1.807) is 6.07 Å². The molecule has 0 aliphatic rings. The Morgan fingerprint density at radius 1 is 1.32 bits per heavy atom. The molecule has 0 bridgehead atoms. The maximum Gasteiger partial charge on any atom is 0.191 e. The highest BCUT2D eigenvalue weighted by atomic mass is 127. The number of unbranched alkanes of at least 4 members (excludes halogenated alkanes) is 1. The zero-order chi connectivity index (χ0) is 15.5. The molecule has 0 saturated heterocycles. The summed E-state index contributed by atoms with van der Waals surface area (Å²) < 4.78 is 13.2. The van der Waals surface area contributed by atoms with Crippen molar-refractivity contribution in [1.29, 1.82) is 0 Å². The van der Waals surface area contributed by atoms with Gasteiger partial charge in [-0.2, -0.15) is 11.8 Å². The highest BCUT2D eigenvalue weighted by Gasteiger charge is 2.02. The maximum atomic E-state index is 13.2. The number of halogens is 2. The first kappa shape index (κ1) is 21.3. The van der Waals surface area contributed by atoms with Crippen molar-refractivity contribution < 1.29 is 9.50 Å². The number of phenols is 1. The lowest BCUT2D eigenvalue weighted by molar-refractivity contribution is 0.432. The molecule has 0 aliphatic carbocycles. The number of benzene rings is 1. The summed E-state index contributed by atoms with van der Waals surface area (Å²) in [5.41, 5.74) is 0.727. The zero-order valence-corrected chi connectivity index (χ0v) is 16.2. The summed E-state index contributed by atoms with van der Waals surface area (Å²) in [5, 5.41) is 15.6. The van der Waals surface area contributed by atoms with E-state index in [2.05, 4.69) is 21.9 Å². The molecule has 1 aromatic carbocycles. The largest absolute Gasteiger partial charge is 0.505 e. The molecule has 0 fully saturated rings. The van der Waals surface area contributed by atoms with Crippen LogP contribution in [0.25, 0.3) is 0 Å². The van der Waals surface area contributed by atoms with Gasteiger partial charge in [-0.3, -0.25) is 0 Å². The van der Waals surface area contributed by atoms with Gasteiger partial charge in [-0.15, -0.1) is 24.0 Å². The molecule has 0 spiro atoms. The summed E-state index contributed by atoms with van der Waals surface area (Å²) in [6.07, 6.45) is 4.38.